The van der Waals surface area contributed by atoms with Crippen molar-refractivity contribution in [3.05, 3.63) is 18.0 Å². The molecule has 80 valence electrons. The molecule has 1 aromatic heterocycles. The molecule has 1 rings (SSSR count). The Labute approximate surface area is 79.5 Å². The van der Waals surface area contributed by atoms with E-state index in [0.717, 1.165) is 10.7 Å². The second kappa shape index (κ2) is 4.00. The average Bonchev–Trinajstić information content (AvgIpc) is 2.51. The molecule has 0 N–H and O–H groups in total. The van der Waals surface area contributed by atoms with Crippen LogP contribution < -0.4 is 0 Å². The summed E-state index contributed by atoms with van der Waals surface area (Å²) in [6.07, 6.45) is -3.61. The second-order valence-corrected chi connectivity index (χ2v) is 2.73. The van der Waals surface area contributed by atoms with Crippen molar-refractivity contribution in [3.63, 3.8) is 0 Å². The van der Waals surface area contributed by atoms with Crippen molar-refractivity contribution < 1.29 is 17.9 Å². The van der Waals surface area contributed by atoms with E-state index < -0.39 is 18.1 Å². The first kappa shape index (κ1) is 11.0. The fourth-order valence-electron chi connectivity index (χ4n) is 1.01. The van der Waals surface area contributed by atoms with Crippen LogP contribution in [0.1, 0.15) is 25.8 Å². The molecule has 0 aliphatic heterocycles. The third-order valence-electron chi connectivity index (χ3n) is 1.68. The first-order valence-electron chi connectivity index (χ1n) is 4.19. The van der Waals surface area contributed by atoms with Crippen molar-refractivity contribution in [1.29, 1.82) is 0 Å². The van der Waals surface area contributed by atoms with Crippen molar-refractivity contribution in [2.24, 2.45) is 0 Å². The summed E-state index contributed by atoms with van der Waals surface area (Å²) in [6, 6.07) is 0.926. The van der Waals surface area contributed by atoms with Crippen molar-refractivity contribution in [2.45, 2.75) is 26.3 Å². The molecule has 1 heterocycles. The summed E-state index contributed by atoms with van der Waals surface area (Å²) in [4.78, 5) is 0. The van der Waals surface area contributed by atoms with Crippen LogP contribution in [0.4, 0.5) is 13.2 Å². The van der Waals surface area contributed by atoms with Crippen LogP contribution in [0.15, 0.2) is 12.3 Å². The second-order valence-electron chi connectivity index (χ2n) is 2.73. The Morgan fingerprint density at radius 3 is 2.64 bits per heavy atom. The SMILES string of the molecule is CCOC(C)n1ccc(C(F)(F)F)n1. The molecule has 0 saturated heterocycles. The van der Waals surface area contributed by atoms with Gasteiger partial charge in [-0.05, 0) is 19.9 Å². The van der Waals surface area contributed by atoms with Gasteiger partial charge in [0.05, 0.1) is 0 Å². The molecule has 14 heavy (non-hydrogen) atoms. The fraction of sp³-hybridized carbons (Fsp3) is 0.625. The molecule has 0 fully saturated rings. The van der Waals surface area contributed by atoms with E-state index in [1.54, 1.807) is 13.8 Å². The van der Waals surface area contributed by atoms with Crippen molar-refractivity contribution in [1.82, 2.24) is 9.78 Å². The number of rotatable bonds is 3. The molecule has 6 heteroatoms. The van der Waals surface area contributed by atoms with Gasteiger partial charge in [0.2, 0.25) is 0 Å². The van der Waals surface area contributed by atoms with Gasteiger partial charge in [-0.2, -0.15) is 18.3 Å². The van der Waals surface area contributed by atoms with Crippen LogP contribution in [0, 0.1) is 0 Å². The highest BCUT2D eigenvalue weighted by atomic mass is 19.4. The van der Waals surface area contributed by atoms with Crippen LogP contribution in [0.3, 0.4) is 0 Å². The highest BCUT2D eigenvalue weighted by molar-refractivity contribution is 5.03. The summed E-state index contributed by atoms with van der Waals surface area (Å²) in [5.41, 5.74) is -0.899. The lowest BCUT2D eigenvalue weighted by Crippen LogP contribution is -2.12. The minimum atomic E-state index is -4.39. The number of nitrogens with zero attached hydrogens (tertiary/aromatic N) is 2. The van der Waals surface area contributed by atoms with Crippen molar-refractivity contribution in [2.75, 3.05) is 6.61 Å². The zero-order valence-corrected chi connectivity index (χ0v) is 7.88. The highest BCUT2D eigenvalue weighted by Crippen LogP contribution is 2.27. The number of ether oxygens (including phenoxy) is 1. The van der Waals surface area contributed by atoms with Crippen LogP contribution in [0.5, 0.6) is 0 Å². The molecule has 0 spiro atoms. The molecule has 0 radical (unpaired) electrons. The Bertz CT molecular complexity index is 295. The lowest BCUT2D eigenvalue weighted by Gasteiger charge is -2.11. The third kappa shape index (κ3) is 2.47. The van der Waals surface area contributed by atoms with E-state index in [-0.39, 0.29) is 0 Å². The van der Waals surface area contributed by atoms with E-state index in [0.29, 0.717) is 6.61 Å². The van der Waals surface area contributed by atoms with Crippen LogP contribution in [0.25, 0.3) is 0 Å². The van der Waals surface area contributed by atoms with Gasteiger partial charge in [0.15, 0.2) is 5.69 Å². The summed E-state index contributed by atoms with van der Waals surface area (Å²) in [7, 11) is 0. The first-order chi connectivity index (χ1) is 6.45. The molecule has 1 unspecified atom stereocenters. The quantitative estimate of drug-likeness (QED) is 0.762. The molecule has 0 aliphatic rings. The van der Waals surface area contributed by atoms with Crippen LogP contribution in [0.2, 0.25) is 0 Å². The average molecular weight is 208 g/mol. The number of alkyl halides is 3. The smallest absolute Gasteiger partial charge is 0.357 e. The van der Waals surface area contributed by atoms with E-state index in [1.807, 2.05) is 0 Å². The summed E-state index contributed by atoms with van der Waals surface area (Å²) in [6.45, 7) is 3.84. The highest BCUT2D eigenvalue weighted by Gasteiger charge is 2.33. The van der Waals surface area contributed by atoms with Crippen LogP contribution >= 0.6 is 0 Å². The Balaban J connectivity index is 2.78. The van der Waals surface area contributed by atoms with Gasteiger partial charge in [-0.1, -0.05) is 0 Å². The topological polar surface area (TPSA) is 27.1 Å². The Hall–Kier alpha value is -1.04. The lowest BCUT2D eigenvalue weighted by molar-refractivity contribution is -0.142. The van der Waals surface area contributed by atoms with Gasteiger partial charge >= 0.3 is 6.18 Å². The Morgan fingerprint density at radius 2 is 2.21 bits per heavy atom. The molecule has 1 aromatic rings. The number of aromatic nitrogens is 2. The summed E-state index contributed by atoms with van der Waals surface area (Å²) in [5, 5.41) is 3.37. The molecular formula is C8H11F3N2O. The van der Waals surface area contributed by atoms with Gasteiger partial charge in [-0.15, -0.1) is 0 Å². The first-order valence-corrected chi connectivity index (χ1v) is 4.19. The van der Waals surface area contributed by atoms with E-state index >= 15 is 0 Å². The predicted octanol–water partition coefficient (Wildman–Crippen LogP) is 2.46. The molecule has 1 atom stereocenters. The maximum absolute atomic E-state index is 12.1. The van der Waals surface area contributed by atoms with E-state index in [1.165, 1.54) is 6.20 Å². The van der Waals surface area contributed by atoms with Crippen LogP contribution in [-0.4, -0.2) is 16.4 Å². The number of hydrogen-bond acceptors (Lipinski definition) is 2. The molecule has 0 aromatic carbocycles. The van der Waals surface area contributed by atoms with Gasteiger partial charge < -0.3 is 4.74 Å². The zero-order valence-electron chi connectivity index (χ0n) is 7.88. The monoisotopic (exact) mass is 208 g/mol. The Morgan fingerprint density at radius 1 is 1.57 bits per heavy atom. The van der Waals surface area contributed by atoms with Gasteiger partial charge in [0, 0.05) is 12.8 Å². The molecule has 0 amide bonds. The summed E-state index contributed by atoms with van der Waals surface area (Å²) in [5.74, 6) is 0. The van der Waals surface area contributed by atoms with Crippen molar-refractivity contribution in [3.8, 4) is 0 Å². The van der Waals surface area contributed by atoms with Gasteiger partial charge in [-0.3, -0.25) is 0 Å². The number of halogens is 3. The van der Waals surface area contributed by atoms with Crippen molar-refractivity contribution >= 4 is 0 Å². The van der Waals surface area contributed by atoms with Gasteiger partial charge in [0.1, 0.15) is 6.23 Å². The van der Waals surface area contributed by atoms with Gasteiger partial charge in [0.25, 0.3) is 0 Å². The molecule has 0 aliphatic carbocycles. The maximum Gasteiger partial charge on any atom is 0.435 e. The fourth-order valence-corrected chi connectivity index (χ4v) is 1.01. The summed E-state index contributed by atoms with van der Waals surface area (Å²) >= 11 is 0. The Kier molecular flexibility index (Phi) is 3.15. The maximum atomic E-state index is 12.1. The van der Waals surface area contributed by atoms with E-state index in [9.17, 15) is 13.2 Å². The molecular weight excluding hydrogens is 197 g/mol. The minimum Gasteiger partial charge on any atom is -0.357 e. The molecule has 3 nitrogen and oxygen atoms in total. The van der Waals surface area contributed by atoms with Crippen LogP contribution in [-0.2, 0) is 10.9 Å². The predicted molar refractivity (Wildman–Crippen MR) is 43.6 cm³/mol. The van der Waals surface area contributed by atoms with E-state index in [4.69, 9.17) is 4.74 Å². The minimum absolute atomic E-state index is 0.433. The summed E-state index contributed by atoms with van der Waals surface area (Å²) < 4.78 is 42.6. The molecule has 0 bridgehead atoms. The number of hydrogen-bond donors (Lipinski definition) is 0. The standard InChI is InChI=1S/C8H11F3N2O/c1-3-14-6(2)13-5-4-7(12-13)8(9,10)11/h4-6H,3H2,1-2H3. The normalized spacial score (nSPS) is 14.4. The third-order valence-corrected chi connectivity index (χ3v) is 1.68. The van der Waals surface area contributed by atoms with Gasteiger partial charge in [-0.25, -0.2) is 4.68 Å². The largest absolute Gasteiger partial charge is 0.435 e. The molecule has 0 saturated carbocycles. The zero-order chi connectivity index (χ0) is 10.8. The lowest BCUT2D eigenvalue weighted by atomic mass is 10.4. The van der Waals surface area contributed by atoms with E-state index in [2.05, 4.69) is 5.10 Å².